The molecule has 0 saturated heterocycles. The third kappa shape index (κ3) is 6.51. The number of ether oxygens (including phenoxy) is 1. The standard InChI is InChI=1S/C22H21FN4O3S/c1-30-18-9-5-2-6-15(18)12-13-24-20(28)14-31-21-11-10-19(26-27-21)25-22(29)16-7-3-4-8-17(16)23/h2-11H,12-14H2,1H3,(H,24,28)(H,25,26,29). The van der Waals surface area contributed by atoms with Crippen LogP contribution in [0.2, 0.25) is 0 Å². The Labute approximate surface area is 183 Å². The number of methoxy groups -OCH3 is 1. The molecular weight excluding hydrogens is 419 g/mol. The van der Waals surface area contributed by atoms with E-state index in [0.717, 1.165) is 11.3 Å². The average molecular weight is 441 g/mol. The van der Waals surface area contributed by atoms with Crippen molar-refractivity contribution in [2.24, 2.45) is 0 Å². The van der Waals surface area contributed by atoms with Crippen molar-refractivity contribution in [3.05, 3.63) is 77.6 Å². The van der Waals surface area contributed by atoms with Crippen molar-refractivity contribution in [2.45, 2.75) is 11.4 Å². The number of anilines is 1. The fourth-order valence-corrected chi connectivity index (χ4v) is 3.37. The van der Waals surface area contributed by atoms with Crippen LogP contribution in [-0.4, -0.2) is 41.4 Å². The summed E-state index contributed by atoms with van der Waals surface area (Å²) in [5.74, 6) is -0.179. The number of nitrogens with one attached hydrogen (secondary N) is 2. The van der Waals surface area contributed by atoms with E-state index in [9.17, 15) is 14.0 Å². The summed E-state index contributed by atoms with van der Waals surface area (Å²) in [5.41, 5.74) is 0.949. The molecule has 0 aliphatic rings. The van der Waals surface area contributed by atoms with Crippen LogP contribution < -0.4 is 15.4 Å². The van der Waals surface area contributed by atoms with E-state index in [4.69, 9.17) is 4.74 Å². The number of aromatic nitrogens is 2. The molecule has 2 N–H and O–H groups in total. The van der Waals surface area contributed by atoms with E-state index in [1.807, 2.05) is 24.3 Å². The van der Waals surface area contributed by atoms with Gasteiger partial charge >= 0.3 is 0 Å². The summed E-state index contributed by atoms with van der Waals surface area (Å²) in [6.07, 6.45) is 0.663. The number of hydrogen-bond donors (Lipinski definition) is 2. The zero-order valence-corrected chi connectivity index (χ0v) is 17.6. The van der Waals surface area contributed by atoms with E-state index in [0.29, 0.717) is 18.0 Å². The maximum atomic E-state index is 13.7. The number of benzene rings is 2. The Kier molecular flexibility index (Phi) is 7.94. The van der Waals surface area contributed by atoms with Crippen molar-refractivity contribution in [3.8, 4) is 5.75 Å². The highest BCUT2D eigenvalue weighted by molar-refractivity contribution is 7.99. The number of halogens is 1. The van der Waals surface area contributed by atoms with Gasteiger partial charge in [0.2, 0.25) is 5.91 Å². The first kappa shape index (κ1) is 22.2. The number of carbonyl (C=O) groups is 2. The highest BCUT2D eigenvalue weighted by Crippen LogP contribution is 2.18. The first-order valence-electron chi connectivity index (χ1n) is 9.48. The molecule has 7 nitrogen and oxygen atoms in total. The van der Waals surface area contributed by atoms with Gasteiger partial charge in [0.15, 0.2) is 5.82 Å². The molecule has 9 heteroatoms. The minimum atomic E-state index is -0.614. The monoisotopic (exact) mass is 440 g/mol. The topological polar surface area (TPSA) is 93.2 Å². The molecule has 3 rings (SSSR count). The van der Waals surface area contributed by atoms with Crippen LogP contribution in [0.5, 0.6) is 5.75 Å². The van der Waals surface area contributed by atoms with Crippen molar-refractivity contribution in [1.82, 2.24) is 15.5 Å². The summed E-state index contributed by atoms with van der Waals surface area (Å²) in [5, 5.41) is 13.8. The molecular formula is C22H21FN4O3S. The molecule has 0 unspecified atom stereocenters. The van der Waals surface area contributed by atoms with Gasteiger partial charge in [-0.05, 0) is 42.3 Å². The van der Waals surface area contributed by atoms with Gasteiger partial charge in [0.05, 0.1) is 18.4 Å². The second kappa shape index (κ2) is 11.1. The third-order valence-corrected chi connectivity index (χ3v) is 5.18. The summed E-state index contributed by atoms with van der Waals surface area (Å²) in [6.45, 7) is 0.493. The molecule has 0 radical (unpaired) electrons. The van der Waals surface area contributed by atoms with Gasteiger partial charge in [-0.1, -0.05) is 42.1 Å². The van der Waals surface area contributed by atoms with E-state index in [1.54, 1.807) is 25.3 Å². The highest BCUT2D eigenvalue weighted by Gasteiger charge is 2.12. The van der Waals surface area contributed by atoms with Gasteiger partial charge in [0.25, 0.3) is 5.91 Å². The molecule has 31 heavy (non-hydrogen) atoms. The Hall–Kier alpha value is -3.46. The van der Waals surface area contributed by atoms with Crippen LogP contribution in [0.4, 0.5) is 10.2 Å². The average Bonchev–Trinajstić information content (AvgIpc) is 2.79. The lowest BCUT2D eigenvalue weighted by Crippen LogP contribution is -2.27. The van der Waals surface area contributed by atoms with E-state index in [2.05, 4.69) is 20.8 Å². The highest BCUT2D eigenvalue weighted by atomic mass is 32.2. The molecule has 0 spiro atoms. The summed E-state index contributed by atoms with van der Waals surface area (Å²) < 4.78 is 19.0. The van der Waals surface area contributed by atoms with Crippen LogP contribution in [-0.2, 0) is 11.2 Å². The lowest BCUT2D eigenvalue weighted by Gasteiger charge is -2.09. The fraction of sp³-hybridized carbons (Fsp3) is 0.182. The lowest BCUT2D eigenvalue weighted by molar-refractivity contribution is -0.118. The number of amides is 2. The molecule has 3 aromatic rings. The third-order valence-electron chi connectivity index (χ3n) is 4.26. The maximum absolute atomic E-state index is 13.7. The number of para-hydroxylation sites is 1. The molecule has 0 bridgehead atoms. The minimum Gasteiger partial charge on any atom is -0.496 e. The fourth-order valence-electron chi connectivity index (χ4n) is 2.73. The van der Waals surface area contributed by atoms with Crippen molar-refractivity contribution in [2.75, 3.05) is 24.7 Å². The number of nitrogens with zero attached hydrogens (tertiary/aromatic N) is 2. The quantitative estimate of drug-likeness (QED) is 0.496. The van der Waals surface area contributed by atoms with Crippen molar-refractivity contribution < 1.29 is 18.7 Å². The number of carbonyl (C=O) groups excluding carboxylic acids is 2. The normalized spacial score (nSPS) is 10.4. The van der Waals surface area contributed by atoms with E-state index < -0.39 is 11.7 Å². The molecule has 0 aliphatic carbocycles. The second-order valence-electron chi connectivity index (χ2n) is 6.39. The van der Waals surface area contributed by atoms with Crippen LogP contribution >= 0.6 is 11.8 Å². The van der Waals surface area contributed by atoms with Crippen LogP contribution in [0.1, 0.15) is 15.9 Å². The van der Waals surface area contributed by atoms with Crippen molar-refractivity contribution in [1.29, 1.82) is 0 Å². The predicted molar refractivity (Wildman–Crippen MR) is 117 cm³/mol. The molecule has 1 heterocycles. The minimum absolute atomic E-state index is 0.0763. The van der Waals surface area contributed by atoms with Crippen LogP contribution in [0.3, 0.4) is 0 Å². The van der Waals surface area contributed by atoms with Gasteiger partial charge < -0.3 is 15.4 Å². The predicted octanol–water partition coefficient (Wildman–Crippen LogP) is 3.33. The van der Waals surface area contributed by atoms with E-state index >= 15 is 0 Å². The largest absolute Gasteiger partial charge is 0.496 e. The Morgan fingerprint density at radius 2 is 1.81 bits per heavy atom. The lowest BCUT2D eigenvalue weighted by atomic mass is 10.1. The smallest absolute Gasteiger partial charge is 0.259 e. The van der Waals surface area contributed by atoms with Gasteiger partial charge in [0.1, 0.15) is 16.6 Å². The Morgan fingerprint density at radius 3 is 2.55 bits per heavy atom. The SMILES string of the molecule is COc1ccccc1CCNC(=O)CSc1ccc(NC(=O)c2ccccc2F)nn1. The molecule has 0 saturated carbocycles. The molecule has 2 aromatic carbocycles. The number of thioether (sulfide) groups is 1. The molecule has 160 valence electrons. The molecule has 2 amide bonds. The summed E-state index contributed by atoms with van der Waals surface area (Å²) in [7, 11) is 1.62. The van der Waals surface area contributed by atoms with Crippen LogP contribution in [0.15, 0.2) is 65.7 Å². The Bertz CT molecular complexity index is 1050. The zero-order chi connectivity index (χ0) is 22.1. The molecule has 0 aliphatic heterocycles. The van der Waals surface area contributed by atoms with Crippen molar-refractivity contribution in [3.63, 3.8) is 0 Å². The Balaban J connectivity index is 1.43. The maximum Gasteiger partial charge on any atom is 0.259 e. The van der Waals surface area contributed by atoms with Gasteiger partial charge in [-0.3, -0.25) is 9.59 Å². The van der Waals surface area contributed by atoms with E-state index in [-0.39, 0.29) is 23.0 Å². The molecule has 0 atom stereocenters. The zero-order valence-electron chi connectivity index (χ0n) is 16.8. The summed E-state index contributed by atoms with van der Waals surface area (Å²) in [6, 6.07) is 16.5. The van der Waals surface area contributed by atoms with E-state index in [1.165, 1.54) is 30.0 Å². The van der Waals surface area contributed by atoms with Crippen molar-refractivity contribution >= 4 is 29.4 Å². The van der Waals surface area contributed by atoms with Gasteiger partial charge in [-0.15, -0.1) is 10.2 Å². The first-order valence-corrected chi connectivity index (χ1v) is 10.5. The van der Waals surface area contributed by atoms with Gasteiger partial charge in [-0.2, -0.15) is 0 Å². The number of hydrogen-bond acceptors (Lipinski definition) is 6. The number of rotatable bonds is 9. The summed E-state index contributed by atoms with van der Waals surface area (Å²) in [4.78, 5) is 24.2. The Morgan fingerprint density at radius 1 is 1.03 bits per heavy atom. The second-order valence-corrected chi connectivity index (χ2v) is 7.39. The van der Waals surface area contributed by atoms with Crippen LogP contribution in [0, 0.1) is 5.82 Å². The molecule has 0 fully saturated rings. The first-order chi connectivity index (χ1) is 15.1. The van der Waals surface area contributed by atoms with Crippen LogP contribution in [0.25, 0.3) is 0 Å². The summed E-state index contributed by atoms with van der Waals surface area (Å²) >= 11 is 1.23. The van der Waals surface area contributed by atoms with Gasteiger partial charge in [0, 0.05) is 6.54 Å². The molecule has 1 aromatic heterocycles. The van der Waals surface area contributed by atoms with Gasteiger partial charge in [-0.25, -0.2) is 4.39 Å².